The molecule has 0 saturated heterocycles. The van der Waals surface area contributed by atoms with Crippen LogP contribution in [0.1, 0.15) is 29.8 Å². The lowest BCUT2D eigenvalue weighted by molar-refractivity contribution is 0.104. The SMILES string of the molecule is CC.COc1ccc(/C=C/C(=O)c2ccc(O)cc2O)cc1OC. The number of carbonyl (C=O) groups is 1. The van der Waals surface area contributed by atoms with Crippen molar-refractivity contribution in [3.63, 3.8) is 0 Å². The highest BCUT2D eigenvalue weighted by atomic mass is 16.5. The van der Waals surface area contributed by atoms with Crippen LogP contribution in [0.3, 0.4) is 0 Å². The Balaban J connectivity index is 0.00000139. The molecule has 0 unspecified atom stereocenters. The van der Waals surface area contributed by atoms with E-state index in [0.717, 1.165) is 11.6 Å². The predicted octanol–water partition coefficient (Wildman–Crippen LogP) is 4.04. The lowest BCUT2D eigenvalue weighted by atomic mass is 10.1. The number of phenols is 2. The molecular weight excluding hydrogens is 308 g/mol. The Morgan fingerprint density at radius 2 is 1.62 bits per heavy atom. The maximum absolute atomic E-state index is 12.0. The Kier molecular flexibility index (Phi) is 7.36. The van der Waals surface area contributed by atoms with Crippen LogP contribution in [0.4, 0.5) is 0 Å². The quantitative estimate of drug-likeness (QED) is 0.639. The Morgan fingerprint density at radius 1 is 0.958 bits per heavy atom. The first-order valence-corrected chi connectivity index (χ1v) is 7.51. The van der Waals surface area contributed by atoms with Gasteiger partial charge in [0.2, 0.25) is 0 Å². The number of carbonyl (C=O) groups excluding carboxylic acids is 1. The summed E-state index contributed by atoms with van der Waals surface area (Å²) in [5.41, 5.74) is 0.874. The molecule has 0 bridgehead atoms. The van der Waals surface area contributed by atoms with Gasteiger partial charge in [0.1, 0.15) is 11.5 Å². The average Bonchev–Trinajstić information content (AvgIpc) is 2.61. The van der Waals surface area contributed by atoms with Crippen LogP contribution in [0.25, 0.3) is 6.08 Å². The van der Waals surface area contributed by atoms with Crippen molar-refractivity contribution in [2.45, 2.75) is 13.8 Å². The molecule has 0 spiro atoms. The van der Waals surface area contributed by atoms with Crippen molar-refractivity contribution in [1.82, 2.24) is 0 Å². The average molecular weight is 330 g/mol. The largest absolute Gasteiger partial charge is 0.508 e. The monoisotopic (exact) mass is 330 g/mol. The lowest BCUT2D eigenvalue weighted by Gasteiger charge is -2.07. The third-order valence-corrected chi connectivity index (χ3v) is 3.08. The lowest BCUT2D eigenvalue weighted by Crippen LogP contribution is -1.94. The van der Waals surface area contributed by atoms with Crippen molar-refractivity contribution in [2.24, 2.45) is 0 Å². The zero-order chi connectivity index (χ0) is 18.1. The molecule has 0 amide bonds. The molecule has 0 heterocycles. The van der Waals surface area contributed by atoms with Gasteiger partial charge in [-0.05, 0) is 35.9 Å². The van der Waals surface area contributed by atoms with Gasteiger partial charge in [-0.3, -0.25) is 4.79 Å². The van der Waals surface area contributed by atoms with E-state index >= 15 is 0 Å². The third kappa shape index (κ3) is 4.78. The smallest absolute Gasteiger partial charge is 0.189 e. The van der Waals surface area contributed by atoms with Gasteiger partial charge in [-0.2, -0.15) is 0 Å². The Bertz CT molecular complexity index is 720. The summed E-state index contributed by atoms with van der Waals surface area (Å²) in [7, 11) is 3.08. The van der Waals surface area contributed by atoms with Gasteiger partial charge in [0, 0.05) is 6.07 Å². The van der Waals surface area contributed by atoms with Crippen molar-refractivity contribution < 1.29 is 24.5 Å². The van der Waals surface area contributed by atoms with Gasteiger partial charge >= 0.3 is 0 Å². The van der Waals surface area contributed by atoms with Gasteiger partial charge < -0.3 is 19.7 Å². The number of hydrogen-bond acceptors (Lipinski definition) is 5. The highest BCUT2D eigenvalue weighted by molar-refractivity contribution is 6.08. The Hall–Kier alpha value is -2.95. The number of ketones is 1. The second-order valence-electron chi connectivity index (χ2n) is 4.51. The first-order valence-electron chi connectivity index (χ1n) is 7.51. The van der Waals surface area contributed by atoms with Crippen LogP contribution in [0.2, 0.25) is 0 Å². The second-order valence-corrected chi connectivity index (χ2v) is 4.51. The molecule has 0 fully saturated rings. The molecule has 2 N–H and O–H groups in total. The van der Waals surface area contributed by atoms with Crippen LogP contribution in [0.15, 0.2) is 42.5 Å². The van der Waals surface area contributed by atoms with Crippen LogP contribution in [-0.4, -0.2) is 30.2 Å². The minimum absolute atomic E-state index is 0.0991. The fourth-order valence-electron chi connectivity index (χ4n) is 1.95. The van der Waals surface area contributed by atoms with Crippen LogP contribution in [0.5, 0.6) is 23.0 Å². The summed E-state index contributed by atoms with van der Waals surface area (Å²) < 4.78 is 10.3. The molecule has 5 nitrogen and oxygen atoms in total. The summed E-state index contributed by atoms with van der Waals surface area (Å²) in [5.74, 6) is 0.430. The minimum atomic E-state index is -0.368. The van der Waals surface area contributed by atoms with Crippen molar-refractivity contribution in [2.75, 3.05) is 14.2 Å². The molecule has 0 aliphatic rings. The number of aromatic hydroxyl groups is 2. The van der Waals surface area contributed by atoms with E-state index in [4.69, 9.17) is 9.47 Å². The summed E-state index contributed by atoms with van der Waals surface area (Å²) in [6.45, 7) is 4.00. The molecule has 0 atom stereocenters. The van der Waals surface area contributed by atoms with Crippen LogP contribution in [0, 0.1) is 0 Å². The molecule has 5 heteroatoms. The number of ether oxygens (including phenoxy) is 2. The molecule has 0 aromatic heterocycles. The highest BCUT2D eigenvalue weighted by Gasteiger charge is 2.09. The second kappa shape index (κ2) is 9.25. The van der Waals surface area contributed by atoms with E-state index in [0.29, 0.717) is 11.5 Å². The molecule has 0 saturated carbocycles. The van der Waals surface area contributed by atoms with Gasteiger partial charge in [0.25, 0.3) is 0 Å². The van der Waals surface area contributed by atoms with Crippen LogP contribution in [-0.2, 0) is 0 Å². The molecule has 0 radical (unpaired) electrons. The highest BCUT2D eigenvalue weighted by Crippen LogP contribution is 2.28. The normalized spacial score (nSPS) is 10.0. The number of rotatable bonds is 5. The molecule has 128 valence electrons. The molecular formula is C19H22O5. The topological polar surface area (TPSA) is 76.0 Å². The number of phenolic OH excluding ortho intramolecular Hbond substituents is 2. The van der Waals surface area contributed by atoms with Gasteiger partial charge in [-0.1, -0.05) is 26.0 Å². The number of allylic oxidation sites excluding steroid dienone is 1. The fourth-order valence-corrected chi connectivity index (χ4v) is 1.95. The molecule has 2 aromatic carbocycles. The summed E-state index contributed by atoms with van der Waals surface area (Å²) >= 11 is 0. The minimum Gasteiger partial charge on any atom is -0.508 e. The van der Waals surface area contributed by atoms with Crippen LogP contribution >= 0.6 is 0 Å². The zero-order valence-electron chi connectivity index (χ0n) is 14.2. The number of benzene rings is 2. The molecule has 0 aliphatic heterocycles. The molecule has 24 heavy (non-hydrogen) atoms. The first kappa shape index (κ1) is 19.1. The van der Waals surface area contributed by atoms with E-state index in [1.165, 1.54) is 25.3 Å². The van der Waals surface area contributed by atoms with Crippen molar-refractivity contribution in [3.05, 3.63) is 53.6 Å². The summed E-state index contributed by atoms with van der Waals surface area (Å²) in [4.78, 5) is 12.0. The van der Waals surface area contributed by atoms with Gasteiger partial charge in [0.15, 0.2) is 17.3 Å². The zero-order valence-corrected chi connectivity index (χ0v) is 14.2. The van der Waals surface area contributed by atoms with Gasteiger partial charge in [0.05, 0.1) is 19.8 Å². The van der Waals surface area contributed by atoms with Crippen molar-refractivity contribution in [1.29, 1.82) is 0 Å². The standard InChI is InChI=1S/C17H16O5.C2H6/c1-21-16-8-4-11(9-17(16)22-2)3-7-14(19)13-6-5-12(18)10-15(13)20;1-2/h3-10,18,20H,1-2H3;1-2H3/b7-3+;. The Morgan fingerprint density at radius 3 is 2.21 bits per heavy atom. The number of methoxy groups -OCH3 is 2. The summed E-state index contributed by atoms with van der Waals surface area (Å²) in [5, 5.41) is 18.9. The van der Waals surface area contributed by atoms with E-state index < -0.39 is 0 Å². The first-order chi connectivity index (χ1) is 11.5. The fraction of sp³-hybridized carbons (Fsp3) is 0.211. The van der Waals surface area contributed by atoms with Gasteiger partial charge in [-0.25, -0.2) is 0 Å². The predicted molar refractivity (Wildman–Crippen MR) is 94.0 cm³/mol. The van der Waals surface area contributed by atoms with E-state index in [-0.39, 0.29) is 22.8 Å². The Labute approximate surface area is 141 Å². The van der Waals surface area contributed by atoms with Gasteiger partial charge in [-0.15, -0.1) is 0 Å². The third-order valence-electron chi connectivity index (χ3n) is 3.08. The van der Waals surface area contributed by atoms with Crippen LogP contribution < -0.4 is 9.47 Å². The molecule has 2 aromatic rings. The maximum atomic E-state index is 12.0. The van der Waals surface area contributed by atoms with E-state index in [1.807, 2.05) is 13.8 Å². The van der Waals surface area contributed by atoms with Crippen molar-refractivity contribution >= 4 is 11.9 Å². The maximum Gasteiger partial charge on any atom is 0.189 e. The molecule has 0 aliphatic carbocycles. The number of hydrogen-bond donors (Lipinski definition) is 2. The van der Waals surface area contributed by atoms with E-state index in [2.05, 4.69) is 0 Å². The van der Waals surface area contributed by atoms with Crippen molar-refractivity contribution in [3.8, 4) is 23.0 Å². The molecule has 2 rings (SSSR count). The van der Waals surface area contributed by atoms with E-state index in [1.54, 1.807) is 31.4 Å². The summed E-state index contributed by atoms with van der Waals surface area (Å²) in [6, 6.07) is 9.09. The summed E-state index contributed by atoms with van der Waals surface area (Å²) in [6.07, 6.45) is 2.95. The van der Waals surface area contributed by atoms with E-state index in [9.17, 15) is 15.0 Å².